The third kappa shape index (κ3) is 3.70. The van der Waals surface area contributed by atoms with Gasteiger partial charge in [-0.05, 0) is 6.42 Å². The van der Waals surface area contributed by atoms with Crippen LogP contribution in [0.3, 0.4) is 0 Å². The fraction of sp³-hybridized carbons (Fsp3) is 0.615. The summed E-state index contributed by atoms with van der Waals surface area (Å²) < 4.78 is 5.25. The van der Waals surface area contributed by atoms with E-state index in [1.165, 1.54) is 11.3 Å². The number of ether oxygens (including phenoxy) is 1. The fourth-order valence-corrected chi connectivity index (χ4v) is 3.03. The van der Waals surface area contributed by atoms with Gasteiger partial charge in [0.25, 0.3) is 0 Å². The maximum Gasteiger partial charge on any atom is 0.311 e. The summed E-state index contributed by atoms with van der Waals surface area (Å²) in [5, 5.41) is 11.4. The van der Waals surface area contributed by atoms with Crippen molar-refractivity contribution in [1.82, 2.24) is 9.88 Å². The Labute approximate surface area is 126 Å². The number of aliphatic carboxylic acids is 1. The zero-order chi connectivity index (χ0) is 15.4. The average Bonchev–Trinajstić information content (AvgIpc) is 3.05. The first-order valence-electron chi connectivity index (χ1n) is 6.82. The molecule has 0 aliphatic carbocycles. The van der Waals surface area contributed by atoms with Crippen molar-refractivity contribution in [3.05, 3.63) is 11.1 Å². The molecule has 0 aromatic carbocycles. The molecule has 0 bridgehead atoms. The van der Waals surface area contributed by atoms with Crippen LogP contribution in [0, 0.1) is 5.92 Å². The first-order chi connectivity index (χ1) is 10.0. The molecule has 2 unspecified atom stereocenters. The summed E-state index contributed by atoms with van der Waals surface area (Å²) >= 11 is 1.29. The molecule has 0 spiro atoms. The molecular weight excluding hydrogens is 294 g/mol. The van der Waals surface area contributed by atoms with Crippen LogP contribution in [0.4, 0.5) is 5.13 Å². The van der Waals surface area contributed by atoms with Crippen molar-refractivity contribution in [1.29, 1.82) is 0 Å². The molecule has 21 heavy (non-hydrogen) atoms. The standard InChI is InChI=1S/C13H19N3O4S/c1-2-3-16(10-6-20-5-9(10)12(18)19)11(17)4-8-7-21-13(14)15-8/h7,9-10H,2-6H2,1H3,(H2,14,15)(H,18,19). The highest BCUT2D eigenvalue weighted by atomic mass is 32.1. The Hall–Kier alpha value is -1.67. The maximum atomic E-state index is 12.5. The number of nitrogens with zero attached hydrogens (tertiary/aromatic N) is 2. The molecule has 1 saturated heterocycles. The number of carboxylic acids is 1. The molecule has 7 nitrogen and oxygen atoms in total. The monoisotopic (exact) mass is 313 g/mol. The number of thiazole rings is 1. The van der Waals surface area contributed by atoms with Gasteiger partial charge in [-0.15, -0.1) is 11.3 Å². The number of carbonyl (C=O) groups is 2. The average molecular weight is 313 g/mol. The van der Waals surface area contributed by atoms with E-state index in [0.717, 1.165) is 6.42 Å². The molecule has 1 aliphatic rings. The lowest BCUT2D eigenvalue weighted by Gasteiger charge is -2.30. The van der Waals surface area contributed by atoms with Gasteiger partial charge in [0.15, 0.2) is 5.13 Å². The summed E-state index contributed by atoms with van der Waals surface area (Å²) in [5.41, 5.74) is 6.18. The van der Waals surface area contributed by atoms with E-state index in [0.29, 0.717) is 17.4 Å². The van der Waals surface area contributed by atoms with Crippen LogP contribution in [0.5, 0.6) is 0 Å². The second-order valence-electron chi connectivity index (χ2n) is 4.99. The van der Waals surface area contributed by atoms with Gasteiger partial charge < -0.3 is 20.5 Å². The second kappa shape index (κ2) is 6.86. The number of nitrogens with two attached hydrogens (primary N) is 1. The second-order valence-corrected chi connectivity index (χ2v) is 5.88. The van der Waals surface area contributed by atoms with Crippen LogP contribution < -0.4 is 5.73 Å². The van der Waals surface area contributed by atoms with Crippen molar-refractivity contribution in [3.63, 3.8) is 0 Å². The van der Waals surface area contributed by atoms with Gasteiger partial charge >= 0.3 is 5.97 Å². The Balaban J connectivity index is 2.10. The molecule has 8 heteroatoms. The lowest BCUT2D eigenvalue weighted by atomic mass is 10.0. The summed E-state index contributed by atoms with van der Waals surface area (Å²) in [4.78, 5) is 29.4. The predicted octanol–water partition coefficient (Wildman–Crippen LogP) is 0.606. The molecule has 0 saturated carbocycles. The first-order valence-corrected chi connectivity index (χ1v) is 7.70. The minimum absolute atomic E-state index is 0.135. The fourth-order valence-electron chi connectivity index (χ4n) is 2.46. The van der Waals surface area contributed by atoms with Crippen molar-refractivity contribution in [2.45, 2.75) is 25.8 Å². The van der Waals surface area contributed by atoms with Crippen LogP contribution in [0.25, 0.3) is 0 Å². The quantitative estimate of drug-likeness (QED) is 0.797. The predicted molar refractivity (Wildman–Crippen MR) is 78.0 cm³/mol. The van der Waals surface area contributed by atoms with E-state index in [2.05, 4.69) is 4.98 Å². The number of carboxylic acid groups (broad SMARTS) is 1. The number of aromatic nitrogens is 1. The molecule has 2 atom stereocenters. The van der Waals surface area contributed by atoms with E-state index in [1.54, 1.807) is 10.3 Å². The van der Waals surface area contributed by atoms with E-state index in [1.807, 2.05) is 6.92 Å². The SMILES string of the molecule is CCCN(C(=O)Cc1csc(N)n1)C1COCC1C(=O)O. The van der Waals surface area contributed by atoms with E-state index in [4.69, 9.17) is 10.5 Å². The third-order valence-electron chi connectivity index (χ3n) is 3.45. The minimum atomic E-state index is -0.927. The molecule has 3 N–H and O–H groups in total. The van der Waals surface area contributed by atoms with Crippen LogP contribution in [0.2, 0.25) is 0 Å². The zero-order valence-electron chi connectivity index (χ0n) is 11.8. The molecule has 2 heterocycles. The highest BCUT2D eigenvalue weighted by Gasteiger charge is 2.39. The number of anilines is 1. The summed E-state index contributed by atoms with van der Waals surface area (Å²) in [5.74, 6) is -1.73. The Bertz CT molecular complexity index is 519. The van der Waals surface area contributed by atoms with Crippen LogP contribution in [0.1, 0.15) is 19.0 Å². The lowest BCUT2D eigenvalue weighted by Crippen LogP contribution is -2.47. The molecule has 0 radical (unpaired) electrons. The van der Waals surface area contributed by atoms with Crippen molar-refractivity contribution in [3.8, 4) is 0 Å². The summed E-state index contributed by atoms with van der Waals surface area (Å²) in [6.07, 6.45) is 0.893. The van der Waals surface area contributed by atoms with Gasteiger partial charge in [-0.2, -0.15) is 0 Å². The zero-order valence-corrected chi connectivity index (χ0v) is 12.6. The topological polar surface area (TPSA) is 106 Å². The normalized spacial score (nSPS) is 21.4. The Kier molecular flexibility index (Phi) is 5.13. The molecule has 116 valence electrons. The third-order valence-corrected chi connectivity index (χ3v) is 4.18. The first kappa shape index (κ1) is 15.7. The molecular formula is C13H19N3O4S. The van der Waals surface area contributed by atoms with Gasteiger partial charge in [-0.3, -0.25) is 9.59 Å². The van der Waals surface area contributed by atoms with Crippen LogP contribution in [-0.4, -0.2) is 52.7 Å². The largest absolute Gasteiger partial charge is 0.481 e. The molecule has 1 aromatic rings. The van der Waals surface area contributed by atoms with Gasteiger partial charge in [0.2, 0.25) is 5.91 Å². The number of rotatable bonds is 6. The van der Waals surface area contributed by atoms with Crippen molar-refractivity contribution >= 4 is 28.3 Å². The van der Waals surface area contributed by atoms with Gasteiger partial charge in [0, 0.05) is 11.9 Å². The van der Waals surface area contributed by atoms with E-state index < -0.39 is 17.9 Å². The molecule has 2 rings (SSSR count). The van der Waals surface area contributed by atoms with Crippen molar-refractivity contribution in [2.75, 3.05) is 25.5 Å². The van der Waals surface area contributed by atoms with Crippen LogP contribution >= 0.6 is 11.3 Å². The highest BCUT2D eigenvalue weighted by molar-refractivity contribution is 7.13. The molecule has 1 aromatic heterocycles. The van der Waals surface area contributed by atoms with E-state index in [9.17, 15) is 14.7 Å². The molecule has 1 fully saturated rings. The van der Waals surface area contributed by atoms with Gasteiger partial charge in [0.1, 0.15) is 5.92 Å². The number of amides is 1. The van der Waals surface area contributed by atoms with E-state index in [-0.39, 0.29) is 25.5 Å². The number of hydrogen-bond donors (Lipinski definition) is 2. The Morgan fingerprint density at radius 2 is 2.33 bits per heavy atom. The number of carbonyl (C=O) groups excluding carboxylic acids is 1. The van der Waals surface area contributed by atoms with Crippen molar-refractivity contribution < 1.29 is 19.4 Å². The van der Waals surface area contributed by atoms with Gasteiger partial charge in [-0.1, -0.05) is 6.92 Å². The molecule has 1 aliphatic heterocycles. The summed E-state index contributed by atoms with van der Waals surface area (Å²) in [6, 6.07) is -0.411. The lowest BCUT2D eigenvalue weighted by molar-refractivity contribution is -0.145. The van der Waals surface area contributed by atoms with Gasteiger partial charge in [-0.25, -0.2) is 4.98 Å². The molecule has 1 amide bonds. The van der Waals surface area contributed by atoms with Crippen molar-refractivity contribution in [2.24, 2.45) is 5.92 Å². The summed E-state index contributed by atoms with van der Waals surface area (Å²) in [6.45, 7) is 2.88. The van der Waals surface area contributed by atoms with E-state index >= 15 is 0 Å². The summed E-state index contributed by atoms with van der Waals surface area (Å²) in [7, 11) is 0. The smallest absolute Gasteiger partial charge is 0.311 e. The maximum absolute atomic E-state index is 12.5. The highest BCUT2D eigenvalue weighted by Crippen LogP contribution is 2.22. The van der Waals surface area contributed by atoms with Crippen LogP contribution in [0.15, 0.2) is 5.38 Å². The van der Waals surface area contributed by atoms with Gasteiger partial charge in [0.05, 0.1) is 31.4 Å². The number of hydrogen-bond acceptors (Lipinski definition) is 6. The van der Waals surface area contributed by atoms with Crippen LogP contribution in [-0.2, 0) is 20.7 Å². The Morgan fingerprint density at radius 1 is 1.57 bits per heavy atom. The Morgan fingerprint density at radius 3 is 2.90 bits per heavy atom. The minimum Gasteiger partial charge on any atom is -0.481 e. The number of nitrogen functional groups attached to an aromatic ring is 1.